The van der Waals surface area contributed by atoms with Crippen molar-refractivity contribution in [2.75, 3.05) is 0 Å². The summed E-state index contributed by atoms with van der Waals surface area (Å²) in [5.74, 6) is -0.867. The number of fused-ring (bicyclic) bond motifs is 1. The van der Waals surface area contributed by atoms with E-state index in [1.807, 2.05) is 0 Å². The number of nitro benzene ring substituents is 1. The van der Waals surface area contributed by atoms with Gasteiger partial charge in [0.05, 0.1) is 10.5 Å². The highest BCUT2D eigenvalue weighted by Crippen LogP contribution is 2.34. The van der Waals surface area contributed by atoms with Crippen LogP contribution in [-0.2, 0) is 0 Å². The Bertz CT molecular complexity index is 865. The van der Waals surface area contributed by atoms with Gasteiger partial charge in [0, 0.05) is 30.0 Å². The summed E-state index contributed by atoms with van der Waals surface area (Å²) in [7, 11) is 0. The minimum atomic E-state index is -0.705. The maximum atomic E-state index is 12.1. The average molecular weight is 295 g/mol. The van der Waals surface area contributed by atoms with Gasteiger partial charge in [-0.1, -0.05) is 6.07 Å². The predicted molar refractivity (Wildman–Crippen MR) is 77.6 cm³/mol. The van der Waals surface area contributed by atoms with E-state index in [2.05, 4.69) is 9.97 Å². The molecule has 2 heterocycles. The summed E-state index contributed by atoms with van der Waals surface area (Å²) in [6, 6.07) is 9.21. The van der Waals surface area contributed by atoms with E-state index in [0.29, 0.717) is 5.39 Å². The molecule has 0 atom stereocenters. The molecule has 108 valence electrons. The first-order valence-electron chi connectivity index (χ1n) is 6.31. The predicted octanol–water partition coefficient (Wildman–Crippen LogP) is 2.76. The van der Waals surface area contributed by atoms with Crippen LogP contribution in [0, 0.1) is 10.1 Å². The molecular weight excluding hydrogens is 286 g/mol. The fourth-order valence-corrected chi connectivity index (χ4v) is 1.99. The zero-order valence-electron chi connectivity index (χ0n) is 11.2. The monoisotopic (exact) mass is 295 g/mol. The lowest BCUT2D eigenvalue weighted by atomic mass is 10.2. The standard InChI is InChI=1S/C15H9N3O4/c19-15(11-5-8-16-9-6-11)22-14-12(18(20)21)4-3-10-2-1-7-17-13(10)14/h1-9H. The van der Waals surface area contributed by atoms with E-state index in [9.17, 15) is 14.9 Å². The molecule has 0 aliphatic rings. The molecule has 7 heteroatoms. The number of hydrogen-bond acceptors (Lipinski definition) is 6. The lowest BCUT2D eigenvalue weighted by molar-refractivity contribution is -0.385. The Balaban J connectivity index is 2.10. The second-order valence-corrected chi connectivity index (χ2v) is 4.37. The first-order chi connectivity index (χ1) is 10.7. The van der Waals surface area contributed by atoms with Crippen molar-refractivity contribution in [3.8, 4) is 5.75 Å². The molecule has 3 aromatic rings. The van der Waals surface area contributed by atoms with Gasteiger partial charge < -0.3 is 4.74 Å². The number of aromatic nitrogens is 2. The number of nitrogens with zero attached hydrogens (tertiary/aromatic N) is 3. The molecule has 0 saturated heterocycles. The quantitative estimate of drug-likeness (QED) is 0.319. The number of rotatable bonds is 3. The first-order valence-corrected chi connectivity index (χ1v) is 6.31. The molecule has 0 bridgehead atoms. The number of carbonyl (C=O) groups excluding carboxylic acids is 1. The van der Waals surface area contributed by atoms with E-state index in [1.54, 1.807) is 18.2 Å². The van der Waals surface area contributed by atoms with Crippen molar-refractivity contribution in [1.82, 2.24) is 9.97 Å². The highest BCUT2D eigenvalue weighted by atomic mass is 16.6. The van der Waals surface area contributed by atoms with Gasteiger partial charge >= 0.3 is 11.7 Å². The summed E-state index contributed by atoms with van der Waals surface area (Å²) < 4.78 is 5.24. The van der Waals surface area contributed by atoms with Crippen LogP contribution in [-0.4, -0.2) is 20.9 Å². The van der Waals surface area contributed by atoms with Gasteiger partial charge in [-0.3, -0.25) is 20.1 Å². The van der Waals surface area contributed by atoms with Gasteiger partial charge in [0.1, 0.15) is 5.52 Å². The number of nitro groups is 1. The molecule has 3 rings (SSSR count). The van der Waals surface area contributed by atoms with Crippen molar-refractivity contribution < 1.29 is 14.5 Å². The zero-order valence-corrected chi connectivity index (χ0v) is 11.2. The van der Waals surface area contributed by atoms with Gasteiger partial charge in [0.2, 0.25) is 5.75 Å². The van der Waals surface area contributed by atoms with Crippen LogP contribution in [0.1, 0.15) is 10.4 Å². The van der Waals surface area contributed by atoms with Gasteiger partial charge in [-0.05, 0) is 24.3 Å². The second kappa shape index (κ2) is 5.57. The minimum Gasteiger partial charge on any atom is -0.413 e. The maximum absolute atomic E-state index is 12.1. The summed E-state index contributed by atoms with van der Waals surface area (Å²) in [5, 5.41) is 11.8. The molecule has 0 spiro atoms. The Morgan fingerprint density at radius 2 is 1.86 bits per heavy atom. The van der Waals surface area contributed by atoms with Crippen molar-refractivity contribution >= 4 is 22.6 Å². The lowest BCUT2D eigenvalue weighted by Crippen LogP contribution is -2.10. The van der Waals surface area contributed by atoms with E-state index in [4.69, 9.17) is 4.74 Å². The third kappa shape index (κ3) is 2.47. The molecule has 0 unspecified atom stereocenters. The van der Waals surface area contributed by atoms with Gasteiger partial charge in [0.15, 0.2) is 0 Å². The molecule has 0 radical (unpaired) electrons. The molecule has 0 aliphatic heterocycles. The van der Waals surface area contributed by atoms with Gasteiger partial charge in [-0.2, -0.15) is 0 Å². The average Bonchev–Trinajstić information content (AvgIpc) is 2.55. The summed E-state index contributed by atoms with van der Waals surface area (Å²) in [6.45, 7) is 0. The summed E-state index contributed by atoms with van der Waals surface area (Å²) >= 11 is 0. The van der Waals surface area contributed by atoms with Crippen LogP contribution in [0.15, 0.2) is 55.0 Å². The van der Waals surface area contributed by atoms with E-state index >= 15 is 0 Å². The van der Waals surface area contributed by atoms with Crippen molar-refractivity contribution in [3.05, 3.63) is 70.7 Å². The smallest absolute Gasteiger partial charge is 0.343 e. The third-order valence-corrected chi connectivity index (χ3v) is 3.01. The van der Waals surface area contributed by atoms with Crippen molar-refractivity contribution in [1.29, 1.82) is 0 Å². The molecule has 0 amide bonds. The number of hydrogen-bond donors (Lipinski definition) is 0. The number of pyridine rings is 2. The first kappa shape index (κ1) is 13.6. The SMILES string of the molecule is O=C(Oc1c([N+](=O)[O-])ccc2cccnc12)c1ccncc1. The van der Waals surface area contributed by atoms with Crippen molar-refractivity contribution in [2.45, 2.75) is 0 Å². The van der Waals surface area contributed by atoms with Gasteiger partial charge in [-0.15, -0.1) is 0 Å². The molecule has 7 nitrogen and oxygen atoms in total. The zero-order chi connectivity index (χ0) is 15.5. The highest BCUT2D eigenvalue weighted by molar-refractivity contribution is 5.96. The van der Waals surface area contributed by atoms with Crippen LogP contribution in [0.5, 0.6) is 5.75 Å². The third-order valence-electron chi connectivity index (χ3n) is 3.01. The van der Waals surface area contributed by atoms with Crippen LogP contribution in [0.25, 0.3) is 10.9 Å². The van der Waals surface area contributed by atoms with Crippen LogP contribution in [0.2, 0.25) is 0 Å². The summed E-state index contributed by atoms with van der Waals surface area (Å²) in [5.41, 5.74) is 0.199. The molecule has 2 aromatic heterocycles. The van der Waals surface area contributed by atoms with Crippen molar-refractivity contribution in [2.24, 2.45) is 0 Å². The van der Waals surface area contributed by atoms with E-state index in [1.165, 1.54) is 36.8 Å². The van der Waals surface area contributed by atoms with Crippen LogP contribution in [0.3, 0.4) is 0 Å². The Kier molecular flexibility index (Phi) is 3.45. The Morgan fingerprint density at radius 3 is 2.59 bits per heavy atom. The summed E-state index contributed by atoms with van der Waals surface area (Å²) in [6.07, 6.45) is 4.36. The number of ether oxygens (including phenoxy) is 1. The molecule has 1 aromatic carbocycles. The minimum absolute atomic E-state index is 0.162. The number of carbonyl (C=O) groups is 1. The molecule has 0 fully saturated rings. The molecule has 22 heavy (non-hydrogen) atoms. The summed E-state index contributed by atoms with van der Waals surface area (Å²) in [4.78, 5) is 30.6. The fourth-order valence-electron chi connectivity index (χ4n) is 1.99. The van der Waals surface area contributed by atoms with Crippen LogP contribution < -0.4 is 4.74 Å². The Morgan fingerprint density at radius 1 is 1.09 bits per heavy atom. The molecule has 0 aliphatic carbocycles. The number of benzene rings is 1. The largest absolute Gasteiger partial charge is 0.413 e. The van der Waals surface area contributed by atoms with E-state index in [0.717, 1.165) is 0 Å². The fraction of sp³-hybridized carbons (Fsp3) is 0. The second-order valence-electron chi connectivity index (χ2n) is 4.37. The van der Waals surface area contributed by atoms with E-state index < -0.39 is 10.9 Å². The highest BCUT2D eigenvalue weighted by Gasteiger charge is 2.22. The molecule has 0 N–H and O–H groups in total. The molecular formula is C15H9N3O4. The Hall–Kier alpha value is -3.35. The van der Waals surface area contributed by atoms with Crippen LogP contribution in [0.4, 0.5) is 5.69 Å². The normalized spacial score (nSPS) is 10.4. The van der Waals surface area contributed by atoms with E-state index in [-0.39, 0.29) is 22.5 Å². The molecule has 0 saturated carbocycles. The van der Waals surface area contributed by atoms with Gasteiger partial charge in [-0.25, -0.2) is 4.79 Å². The Labute approximate surface area is 124 Å². The lowest BCUT2D eigenvalue weighted by Gasteiger charge is -2.07. The maximum Gasteiger partial charge on any atom is 0.343 e. The van der Waals surface area contributed by atoms with Crippen molar-refractivity contribution in [3.63, 3.8) is 0 Å². The van der Waals surface area contributed by atoms with Gasteiger partial charge in [0.25, 0.3) is 0 Å². The topological polar surface area (TPSA) is 95.2 Å². The number of esters is 1. The van der Waals surface area contributed by atoms with Crippen LogP contribution >= 0.6 is 0 Å².